The number of sulfone groups is 1. The van der Waals surface area contributed by atoms with Gasteiger partial charge in [0.15, 0.2) is 9.84 Å². The van der Waals surface area contributed by atoms with Crippen molar-refractivity contribution < 1.29 is 21.9 Å². The van der Waals surface area contributed by atoms with Gasteiger partial charge in [0.2, 0.25) is 0 Å². The summed E-state index contributed by atoms with van der Waals surface area (Å²) in [6.07, 6.45) is 4.79. The van der Waals surface area contributed by atoms with Crippen LogP contribution in [-0.4, -0.2) is 21.8 Å². The molecule has 0 aliphatic rings. The maximum atomic E-state index is 13.8. The zero-order valence-corrected chi connectivity index (χ0v) is 22.3. The predicted molar refractivity (Wildman–Crippen MR) is 139 cm³/mol. The Labute approximate surface area is 209 Å². The first-order valence-electron chi connectivity index (χ1n) is 11.8. The second-order valence-corrected chi connectivity index (χ2v) is 11.2. The Hall–Kier alpha value is -2.73. The molecule has 1 atom stereocenters. The Morgan fingerprint density at radius 3 is 2.06 bits per heavy atom. The van der Waals surface area contributed by atoms with Crippen LogP contribution in [0.4, 0.5) is 8.78 Å². The minimum absolute atomic E-state index is 0.174. The van der Waals surface area contributed by atoms with Crippen LogP contribution < -0.4 is 4.74 Å². The number of aryl methyl sites for hydroxylation is 5. The van der Waals surface area contributed by atoms with E-state index in [1.54, 1.807) is 31.4 Å². The van der Waals surface area contributed by atoms with Crippen LogP contribution in [0.3, 0.4) is 0 Å². The SMILES string of the molecule is COc1ccc(F)c(CCC(C)CCc2ccc(F)cc2C)c1.Cc1ccc(S(C)(=O)=O)c(C)c1. The summed E-state index contributed by atoms with van der Waals surface area (Å²) in [5.74, 6) is 0.807. The topological polar surface area (TPSA) is 43.4 Å². The summed E-state index contributed by atoms with van der Waals surface area (Å²) in [6.45, 7) is 7.87. The Morgan fingerprint density at radius 2 is 1.49 bits per heavy atom. The third-order valence-corrected chi connectivity index (χ3v) is 7.36. The first-order valence-corrected chi connectivity index (χ1v) is 13.6. The number of hydrogen-bond donors (Lipinski definition) is 0. The molecule has 6 heteroatoms. The van der Waals surface area contributed by atoms with E-state index in [1.165, 1.54) is 24.0 Å². The summed E-state index contributed by atoms with van der Waals surface area (Å²) >= 11 is 0. The largest absolute Gasteiger partial charge is 0.497 e. The Morgan fingerprint density at radius 1 is 0.829 bits per heavy atom. The van der Waals surface area contributed by atoms with Crippen molar-refractivity contribution in [3.8, 4) is 5.75 Å². The van der Waals surface area contributed by atoms with Crippen molar-refractivity contribution in [2.24, 2.45) is 5.92 Å². The summed E-state index contributed by atoms with van der Waals surface area (Å²) in [5, 5.41) is 0. The van der Waals surface area contributed by atoms with Gasteiger partial charge in [0.25, 0.3) is 0 Å². The van der Waals surface area contributed by atoms with E-state index in [0.29, 0.717) is 28.5 Å². The van der Waals surface area contributed by atoms with Crippen molar-refractivity contribution in [3.63, 3.8) is 0 Å². The van der Waals surface area contributed by atoms with Crippen molar-refractivity contribution in [2.75, 3.05) is 13.4 Å². The number of benzene rings is 3. The van der Waals surface area contributed by atoms with Gasteiger partial charge in [0, 0.05) is 6.26 Å². The first kappa shape index (κ1) is 28.5. The monoisotopic (exact) mass is 502 g/mol. The fourth-order valence-corrected chi connectivity index (χ4v) is 4.93. The minimum atomic E-state index is -3.05. The zero-order valence-electron chi connectivity index (χ0n) is 21.5. The Kier molecular flexibility index (Phi) is 10.4. The van der Waals surface area contributed by atoms with E-state index < -0.39 is 9.84 Å². The number of ether oxygens (including phenoxy) is 1. The van der Waals surface area contributed by atoms with E-state index >= 15 is 0 Å². The highest BCUT2D eigenvalue weighted by Gasteiger charge is 2.10. The van der Waals surface area contributed by atoms with Gasteiger partial charge in [-0.2, -0.15) is 0 Å². The van der Waals surface area contributed by atoms with E-state index in [9.17, 15) is 17.2 Å². The summed E-state index contributed by atoms with van der Waals surface area (Å²) in [6, 6.07) is 15.1. The van der Waals surface area contributed by atoms with E-state index in [1.807, 2.05) is 39.0 Å². The second kappa shape index (κ2) is 12.8. The molecule has 35 heavy (non-hydrogen) atoms. The van der Waals surface area contributed by atoms with E-state index in [2.05, 4.69) is 6.92 Å². The molecule has 0 radical (unpaired) electrons. The molecular formula is C29H36F2O3S. The molecule has 190 valence electrons. The van der Waals surface area contributed by atoms with Gasteiger partial charge in [0.1, 0.15) is 17.4 Å². The summed E-state index contributed by atoms with van der Waals surface area (Å²) < 4.78 is 54.4. The lowest BCUT2D eigenvalue weighted by molar-refractivity contribution is 0.412. The summed E-state index contributed by atoms with van der Waals surface area (Å²) in [7, 11) is -1.46. The highest BCUT2D eigenvalue weighted by molar-refractivity contribution is 7.90. The molecule has 0 aliphatic heterocycles. The predicted octanol–water partition coefficient (Wildman–Crippen LogP) is 7.19. The van der Waals surface area contributed by atoms with Gasteiger partial charge in [-0.15, -0.1) is 0 Å². The van der Waals surface area contributed by atoms with Crippen molar-refractivity contribution in [1.29, 1.82) is 0 Å². The van der Waals surface area contributed by atoms with Gasteiger partial charge in [-0.3, -0.25) is 0 Å². The van der Waals surface area contributed by atoms with Crippen LogP contribution >= 0.6 is 0 Å². The van der Waals surface area contributed by atoms with Crippen molar-refractivity contribution in [2.45, 2.75) is 58.3 Å². The molecule has 0 aliphatic carbocycles. The van der Waals surface area contributed by atoms with Crippen LogP contribution in [0.15, 0.2) is 59.5 Å². The maximum absolute atomic E-state index is 13.8. The summed E-state index contributed by atoms with van der Waals surface area (Å²) in [4.78, 5) is 0.424. The molecule has 0 heterocycles. The molecule has 0 fully saturated rings. The average molecular weight is 503 g/mol. The maximum Gasteiger partial charge on any atom is 0.175 e. The van der Waals surface area contributed by atoms with Crippen molar-refractivity contribution >= 4 is 9.84 Å². The summed E-state index contributed by atoms with van der Waals surface area (Å²) in [5.41, 5.74) is 4.79. The smallest absolute Gasteiger partial charge is 0.175 e. The highest BCUT2D eigenvalue weighted by atomic mass is 32.2. The number of methoxy groups -OCH3 is 1. The molecule has 1 unspecified atom stereocenters. The Balaban J connectivity index is 0.000000303. The molecule has 0 aromatic heterocycles. The lowest BCUT2D eigenvalue weighted by atomic mass is 9.93. The standard InChI is InChI=1S/C20H24F2O.C9H12O2S/c1-14(4-6-16-8-9-18(21)12-15(16)2)5-7-17-13-19(23-3)10-11-20(17)22;1-7-4-5-9(8(2)6-7)12(3,10)11/h8-14H,4-7H2,1-3H3;4-6H,1-3H3. The highest BCUT2D eigenvalue weighted by Crippen LogP contribution is 2.22. The lowest BCUT2D eigenvalue weighted by Gasteiger charge is -2.13. The van der Waals surface area contributed by atoms with Gasteiger partial charge < -0.3 is 4.74 Å². The minimum Gasteiger partial charge on any atom is -0.497 e. The number of rotatable bonds is 8. The molecule has 0 saturated carbocycles. The normalized spacial score (nSPS) is 12.0. The lowest BCUT2D eigenvalue weighted by Crippen LogP contribution is -2.02. The molecular weight excluding hydrogens is 466 g/mol. The van der Waals surface area contributed by atoms with Gasteiger partial charge >= 0.3 is 0 Å². The molecule has 0 amide bonds. The molecule has 0 N–H and O–H groups in total. The van der Waals surface area contributed by atoms with E-state index in [4.69, 9.17) is 4.74 Å². The van der Waals surface area contributed by atoms with Crippen LogP contribution in [0.25, 0.3) is 0 Å². The molecule has 3 rings (SSSR count). The van der Waals surface area contributed by atoms with Gasteiger partial charge in [-0.1, -0.05) is 30.7 Å². The first-order chi connectivity index (χ1) is 16.4. The van der Waals surface area contributed by atoms with Gasteiger partial charge in [0.05, 0.1) is 12.0 Å². The Bertz CT molecular complexity index is 1240. The molecule has 0 bridgehead atoms. The molecule has 0 saturated heterocycles. The van der Waals surface area contributed by atoms with Crippen LogP contribution in [-0.2, 0) is 22.7 Å². The average Bonchev–Trinajstić information content (AvgIpc) is 2.77. The van der Waals surface area contributed by atoms with E-state index in [-0.39, 0.29) is 11.6 Å². The van der Waals surface area contributed by atoms with Crippen LogP contribution in [0, 0.1) is 38.3 Å². The third-order valence-electron chi connectivity index (χ3n) is 6.10. The van der Waals surface area contributed by atoms with Crippen molar-refractivity contribution in [3.05, 3.63) is 94.0 Å². The van der Waals surface area contributed by atoms with Crippen molar-refractivity contribution in [1.82, 2.24) is 0 Å². The van der Waals surface area contributed by atoms with Gasteiger partial charge in [-0.25, -0.2) is 17.2 Å². The fourth-order valence-electron chi connectivity index (χ4n) is 3.97. The van der Waals surface area contributed by atoms with E-state index in [0.717, 1.165) is 36.0 Å². The van der Waals surface area contributed by atoms with Crippen LogP contribution in [0.2, 0.25) is 0 Å². The fraction of sp³-hybridized carbons (Fsp3) is 0.379. The van der Waals surface area contributed by atoms with Gasteiger partial charge in [-0.05, 0) is 111 Å². The second-order valence-electron chi connectivity index (χ2n) is 9.25. The molecule has 3 nitrogen and oxygen atoms in total. The third kappa shape index (κ3) is 9.10. The zero-order chi connectivity index (χ0) is 26.2. The molecule has 0 spiro atoms. The molecule has 3 aromatic carbocycles. The van der Waals surface area contributed by atoms with Crippen LogP contribution in [0.1, 0.15) is 47.6 Å². The number of hydrogen-bond acceptors (Lipinski definition) is 3. The number of halogens is 2. The molecule has 3 aromatic rings. The quantitative estimate of drug-likeness (QED) is 0.327. The van der Waals surface area contributed by atoms with Crippen LogP contribution in [0.5, 0.6) is 5.75 Å².